The smallest absolute Gasteiger partial charge is 0.140 e. The van der Waals surface area contributed by atoms with Gasteiger partial charge >= 0.3 is 0 Å². The molecule has 3 nitrogen and oxygen atoms in total. The van der Waals surface area contributed by atoms with Crippen LogP contribution in [0.25, 0.3) is 0 Å². The number of Topliss-reactive ketones (excluding diaryl/α,β-unsaturated/α-hetero) is 1. The van der Waals surface area contributed by atoms with Crippen molar-refractivity contribution in [2.24, 2.45) is 11.1 Å². The zero-order valence-electron chi connectivity index (χ0n) is 14.0. The molecule has 0 amide bonds. The molecule has 2 rings (SSSR count). The molecule has 0 aliphatic carbocycles. The van der Waals surface area contributed by atoms with Gasteiger partial charge in [-0.2, -0.15) is 0 Å². The molecule has 0 fully saturated rings. The molecule has 0 radical (unpaired) electrons. The van der Waals surface area contributed by atoms with Gasteiger partial charge in [0.1, 0.15) is 12.9 Å². The molecular formula is C20H23NO2. The molecule has 0 saturated heterocycles. The Morgan fingerprint density at radius 1 is 1.09 bits per heavy atom. The fourth-order valence-electron chi connectivity index (χ4n) is 2.65. The van der Waals surface area contributed by atoms with Crippen LogP contribution in [0.4, 0.5) is 0 Å². The molecule has 0 bridgehead atoms. The molecule has 0 N–H and O–H groups in total. The lowest BCUT2D eigenvalue weighted by Crippen LogP contribution is -2.17. The Morgan fingerprint density at radius 2 is 1.74 bits per heavy atom. The number of oxime groups is 1. The summed E-state index contributed by atoms with van der Waals surface area (Å²) in [4.78, 5) is 17.3. The minimum atomic E-state index is -0.0355. The summed E-state index contributed by atoms with van der Waals surface area (Å²) >= 11 is 0. The van der Waals surface area contributed by atoms with Crippen molar-refractivity contribution in [1.82, 2.24) is 0 Å². The number of carbonyl (C=O) groups is 1. The second-order valence-corrected chi connectivity index (χ2v) is 5.75. The normalized spacial score (nSPS) is 12.7. The van der Waals surface area contributed by atoms with Crippen LogP contribution in [-0.4, -0.2) is 18.6 Å². The van der Waals surface area contributed by atoms with Gasteiger partial charge in [0.15, 0.2) is 0 Å². The van der Waals surface area contributed by atoms with Crippen LogP contribution in [0.2, 0.25) is 0 Å². The Labute approximate surface area is 138 Å². The van der Waals surface area contributed by atoms with E-state index in [0.29, 0.717) is 12.8 Å². The summed E-state index contributed by atoms with van der Waals surface area (Å²) in [6.45, 7) is 3.91. The van der Waals surface area contributed by atoms with E-state index < -0.39 is 0 Å². The molecule has 0 heterocycles. The number of hydrogen-bond donors (Lipinski definition) is 0. The molecule has 1 unspecified atom stereocenters. The highest BCUT2D eigenvalue weighted by atomic mass is 16.6. The van der Waals surface area contributed by atoms with Crippen molar-refractivity contribution < 1.29 is 9.63 Å². The lowest BCUT2D eigenvalue weighted by atomic mass is 9.90. The Bertz CT molecular complexity index is 677. The van der Waals surface area contributed by atoms with Crippen molar-refractivity contribution >= 4 is 11.5 Å². The first kappa shape index (κ1) is 16.9. The Morgan fingerprint density at radius 3 is 2.43 bits per heavy atom. The first-order valence-corrected chi connectivity index (χ1v) is 7.84. The molecular weight excluding hydrogens is 286 g/mol. The van der Waals surface area contributed by atoms with Crippen molar-refractivity contribution in [2.45, 2.75) is 26.7 Å². The average Bonchev–Trinajstić information content (AvgIpc) is 2.56. The quantitative estimate of drug-likeness (QED) is 0.572. The number of ketones is 1. The first-order chi connectivity index (χ1) is 11.1. The van der Waals surface area contributed by atoms with Crippen molar-refractivity contribution in [2.75, 3.05) is 7.11 Å². The summed E-state index contributed by atoms with van der Waals surface area (Å²) in [5.74, 6) is 0.221. The predicted molar refractivity (Wildman–Crippen MR) is 93.7 cm³/mol. The van der Waals surface area contributed by atoms with Crippen LogP contribution >= 0.6 is 0 Å². The van der Waals surface area contributed by atoms with Gasteiger partial charge in [-0.1, -0.05) is 66.7 Å². The number of benzene rings is 2. The zero-order valence-corrected chi connectivity index (χ0v) is 14.0. The van der Waals surface area contributed by atoms with Gasteiger partial charge in [-0.15, -0.1) is 0 Å². The maximum absolute atomic E-state index is 12.5. The van der Waals surface area contributed by atoms with E-state index in [1.807, 2.05) is 62.4 Å². The maximum atomic E-state index is 12.5. The van der Waals surface area contributed by atoms with Gasteiger partial charge in [0, 0.05) is 17.9 Å². The molecule has 2 aromatic carbocycles. The van der Waals surface area contributed by atoms with Crippen molar-refractivity contribution in [3.8, 4) is 0 Å². The third kappa shape index (κ3) is 4.78. The van der Waals surface area contributed by atoms with Gasteiger partial charge < -0.3 is 4.84 Å². The summed E-state index contributed by atoms with van der Waals surface area (Å²) < 4.78 is 0. The Hall–Kier alpha value is -2.42. The van der Waals surface area contributed by atoms with Gasteiger partial charge in [0.2, 0.25) is 0 Å². The van der Waals surface area contributed by atoms with Gasteiger partial charge in [0.25, 0.3) is 0 Å². The molecule has 0 spiro atoms. The van der Waals surface area contributed by atoms with E-state index in [2.05, 4.69) is 11.2 Å². The summed E-state index contributed by atoms with van der Waals surface area (Å²) in [6.07, 6.45) is 1.19. The third-order valence-corrected chi connectivity index (χ3v) is 3.93. The van der Waals surface area contributed by atoms with E-state index in [4.69, 9.17) is 4.84 Å². The number of rotatable bonds is 7. The predicted octanol–water partition coefficient (Wildman–Crippen LogP) is 4.05. The van der Waals surface area contributed by atoms with Crippen LogP contribution in [-0.2, 0) is 22.5 Å². The zero-order chi connectivity index (χ0) is 16.7. The topological polar surface area (TPSA) is 38.7 Å². The third-order valence-electron chi connectivity index (χ3n) is 3.93. The molecule has 0 aliphatic rings. The second-order valence-electron chi connectivity index (χ2n) is 5.75. The lowest BCUT2D eigenvalue weighted by Gasteiger charge is -2.14. The molecule has 120 valence electrons. The van der Waals surface area contributed by atoms with Crippen LogP contribution in [0, 0.1) is 5.92 Å². The van der Waals surface area contributed by atoms with Crippen LogP contribution in [0.15, 0.2) is 59.8 Å². The van der Waals surface area contributed by atoms with E-state index in [-0.39, 0.29) is 11.7 Å². The monoisotopic (exact) mass is 309 g/mol. The summed E-state index contributed by atoms with van der Waals surface area (Å²) in [5.41, 5.74) is 4.05. The van der Waals surface area contributed by atoms with E-state index in [0.717, 1.165) is 22.4 Å². The number of carbonyl (C=O) groups excluding carboxylic acids is 1. The van der Waals surface area contributed by atoms with Crippen LogP contribution in [0.1, 0.15) is 30.5 Å². The fourth-order valence-corrected chi connectivity index (χ4v) is 2.65. The van der Waals surface area contributed by atoms with Crippen LogP contribution < -0.4 is 0 Å². The van der Waals surface area contributed by atoms with Crippen molar-refractivity contribution in [3.63, 3.8) is 0 Å². The average molecular weight is 309 g/mol. The maximum Gasteiger partial charge on any atom is 0.140 e. The van der Waals surface area contributed by atoms with Crippen LogP contribution in [0.5, 0.6) is 0 Å². The molecule has 23 heavy (non-hydrogen) atoms. The SMILES string of the molecule is CO/N=C(\C)c1ccccc1CC(C)C(=O)Cc1ccccc1. The largest absolute Gasteiger partial charge is 0.399 e. The van der Waals surface area contributed by atoms with Crippen molar-refractivity contribution in [3.05, 3.63) is 71.3 Å². The lowest BCUT2D eigenvalue weighted by molar-refractivity contribution is -0.121. The van der Waals surface area contributed by atoms with Gasteiger partial charge in [-0.05, 0) is 24.5 Å². The van der Waals surface area contributed by atoms with E-state index >= 15 is 0 Å². The standard InChI is InChI=1S/C20H23NO2/c1-15(20(22)14-17-9-5-4-6-10-17)13-18-11-7-8-12-19(18)16(2)21-23-3/h4-12,15H,13-14H2,1-3H3/b21-16+. The van der Waals surface area contributed by atoms with Gasteiger partial charge in [-0.25, -0.2) is 0 Å². The highest BCUT2D eigenvalue weighted by Crippen LogP contribution is 2.17. The van der Waals surface area contributed by atoms with E-state index in [9.17, 15) is 4.79 Å². The summed E-state index contributed by atoms with van der Waals surface area (Å²) in [6, 6.07) is 17.9. The second kappa shape index (κ2) is 8.28. The van der Waals surface area contributed by atoms with Gasteiger partial charge in [0.05, 0.1) is 5.71 Å². The fraction of sp³-hybridized carbons (Fsp3) is 0.300. The first-order valence-electron chi connectivity index (χ1n) is 7.84. The highest BCUT2D eigenvalue weighted by molar-refractivity contribution is 5.99. The Balaban J connectivity index is 2.09. The van der Waals surface area contributed by atoms with E-state index in [1.165, 1.54) is 7.11 Å². The molecule has 1 atom stereocenters. The van der Waals surface area contributed by atoms with Crippen LogP contribution in [0.3, 0.4) is 0 Å². The molecule has 0 aliphatic heterocycles. The molecule has 3 heteroatoms. The highest BCUT2D eigenvalue weighted by Gasteiger charge is 2.16. The number of hydrogen-bond acceptors (Lipinski definition) is 3. The molecule has 0 aromatic heterocycles. The minimum absolute atomic E-state index is 0.0355. The summed E-state index contributed by atoms with van der Waals surface area (Å²) in [7, 11) is 1.54. The van der Waals surface area contributed by atoms with Gasteiger partial charge in [-0.3, -0.25) is 4.79 Å². The molecule has 0 saturated carbocycles. The van der Waals surface area contributed by atoms with E-state index in [1.54, 1.807) is 0 Å². The Kier molecular flexibility index (Phi) is 6.10. The number of nitrogens with zero attached hydrogens (tertiary/aromatic N) is 1. The minimum Gasteiger partial charge on any atom is -0.399 e. The van der Waals surface area contributed by atoms with Crippen molar-refractivity contribution in [1.29, 1.82) is 0 Å². The molecule has 2 aromatic rings. The summed E-state index contributed by atoms with van der Waals surface area (Å²) in [5, 5.41) is 4.01.